The Kier molecular flexibility index (Phi) is 4.24. The van der Waals surface area contributed by atoms with Gasteiger partial charge in [0.05, 0.1) is 10.7 Å². The molecule has 0 atom stereocenters. The van der Waals surface area contributed by atoms with Crippen molar-refractivity contribution >= 4 is 23.2 Å². The molecule has 2 rings (SSSR count). The van der Waals surface area contributed by atoms with Crippen LogP contribution in [0.25, 0.3) is 0 Å². The molecule has 0 spiro atoms. The van der Waals surface area contributed by atoms with E-state index in [1.54, 1.807) is 16.9 Å². The van der Waals surface area contributed by atoms with Crippen LogP contribution in [0.3, 0.4) is 0 Å². The van der Waals surface area contributed by atoms with E-state index >= 15 is 0 Å². The summed E-state index contributed by atoms with van der Waals surface area (Å²) < 4.78 is 14.6. The summed E-state index contributed by atoms with van der Waals surface area (Å²) in [5.41, 5.74) is 6.91. The van der Waals surface area contributed by atoms with Crippen LogP contribution < -0.4 is 11.1 Å². The van der Waals surface area contributed by atoms with Crippen LogP contribution in [0.1, 0.15) is 23.0 Å². The van der Waals surface area contributed by atoms with Gasteiger partial charge in [0.1, 0.15) is 5.82 Å². The van der Waals surface area contributed by atoms with E-state index in [0.29, 0.717) is 17.8 Å². The van der Waals surface area contributed by atoms with Crippen LogP contribution in [0, 0.1) is 5.82 Å². The van der Waals surface area contributed by atoms with Gasteiger partial charge in [-0.3, -0.25) is 9.48 Å². The summed E-state index contributed by atoms with van der Waals surface area (Å²) >= 11 is 5.67. The van der Waals surface area contributed by atoms with Crippen LogP contribution in [0.4, 0.5) is 10.1 Å². The third-order valence-electron chi connectivity index (χ3n) is 2.77. The summed E-state index contributed by atoms with van der Waals surface area (Å²) in [5, 5.41) is 6.75. The Morgan fingerprint density at radius 3 is 2.90 bits per heavy atom. The molecule has 20 heavy (non-hydrogen) atoms. The maximum Gasteiger partial charge on any atom is 0.274 e. The van der Waals surface area contributed by atoms with Gasteiger partial charge < -0.3 is 11.1 Å². The van der Waals surface area contributed by atoms with Crippen molar-refractivity contribution in [3.8, 4) is 0 Å². The molecule has 0 radical (unpaired) electrons. The Morgan fingerprint density at radius 1 is 1.55 bits per heavy atom. The van der Waals surface area contributed by atoms with Gasteiger partial charge in [-0.15, -0.1) is 0 Å². The Hall–Kier alpha value is -2.08. The fourth-order valence-electron chi connectivity index (χ4n) is 1.69. The number of amides is 1. The standard InChI is InChI=1S/C13H14ClFN4O/c1-2-19-7-11(16)12(18-19)13(20)17-6-8-3-4-10(15)9(14)5-8/h3-5,7H,2,6,16H2,1H3,(H,17,20). The van der Waals surface area contributed by atoms with Crippen LogP contribution >= 0.6 is 11.6 Å². The lowest BCUT2D eigenvalue weighted by molar-refractivity contribution is 0.0946. The molecule has 1 heterocycles. The zero-order chi connectivity index (χ0) is 14.7. The smallest absolute Gasteiger partial charge is 0.274 e. The topological polar surface area (TPSA) is 72.9 Å². The summed E-state index contributed by atoms with van der Waals surface area (Å²) in [6.07, 6.45) is 1.60. The number of aromatic nitrogens is 2. The van der Waals surface area contributed by atoms with Gasteiger partial charge in [0.25, 0.3) is 5.91 Å². The molecule has 0 unspecified atom stereocenters. The third kappa shape index (κ3) is 3.08. The van der Waals surface area contributed by atoms with E-state index in [9.17, 15) is 9.18 Å². The molecule has 0 aliphatic heterocycles. The molecule has 106 valence electrons. The number of rotatable bonds is 4. The summed E-state index contributed by atoms with van der Waals surface area (Å²) in [4.78, 5) is 11.9. The summed E-state index contributed by atoms with van der Waals surface area (Å²) in [6.45, 7) is 2.75. The summed E-state index contributed by atoms with van der Waals surface area (Å²) in [5.74, 6) is -0.872. The molecule has 0 saturated heterocycles. The average Bonchev–Trinajstić information content (AvgIpc) is 2.81. The SMILES string of the molecule is CCn1cc(N)c(C(=O)NCc2ccc(F)c(Cl)c2)n1. The molecule has 7 heteroatoms. The number of hydrogen-bond donors (Lipinski definition) is 2. The Bertz CT molecular complexity index is 641. The Morgan fingerprint density at radius 2 is 2.30 bits per heavy atom. The summed E-state index contributed by atoms with van der Waals surface area (Å²) in [7, 11) is 0. The minimum atomic E-state index is -0.493. The predicted octanol–water partition coefficient (Wildman–Crippen LogP) is 2.21. The van der Waals surface area contributed by atoms with E-state index in [1.165, 1.54) is 12.1 Å². The number of hydrogen-bond acceptors (Lipinski definition) is 3. The van der Waals surface area contributed by atoms with Crippen molar-refractivity contribution in [2.24, 2.45) is 0 Å². The Balaban J connectivity index is 2.04. The molecule has 1 amide bonds. The van der Waals surface area contributed by atoms with Crippen molar-refractivity contribution in [3.63, 3.8) is 0 Å². The van der Waals surface area contributed by atoms with Gasteiger partial charge in [0.2, 0.25) is 0 Å². The van der Waals surface area contributed by atoms with Crippen LogP contribution in [0.5, 0.6) is 0 Å². The maximum atomic E-state index is 13.0. The second-order valence-corrected chi connectivity index (χ2v) is 4.63. The van der Waals surface area contributed by atoms with Gasteiger partial charge in [-0.25, -0.2) is 4.39 Å². The number of halogens is 2. The van der Waals surface area contributed by atoms with Crippen LogP contribution in [0.2, 0.25) is 5.02 Å². The zero-order valence-corrected chi connectivity index (χ0v) is 11.6. The highest BCUT2D eigenvalue weighted by atomic mass is 35.5. The first-order chi connectivity index (χ1) is 9.51. The molecule has 0 bridgehead atoms. The van der Waals surface area contributed by atoms with E-state index < -0.39 is 5.82 Å². The molecule has 0 saturated carbocycles. The first kappa shape index (κ1) is 14.3. The van der Waals surface area contributed by atoms with Crippen molar-refractivity contribution in [1.82, 2.24) is 15.1 Å². The van der Waals surface area contributed by atoms with E-state index in [0.717, 1.165) is 0 Å². The second kappa shape index (κ2) is 5.92. The minimum absolute atomic E-state index is 0.0199. The lowest BCUT2D eigenvalue weighted by Crippen LogP contribution is -2.24. The molecule has 5 nitrogen and oxygen atoms in total. The Labute approximate surface area is 120 Å². The third-order valence-corrected chi connectivity index (χ3v) is 3.06. The predicted molar refractivity (Wildman–Crippen MR) is 74.9 cm³/mol. The highest BCUT2D eigenvalue weighted by molar-refractivity contribution is 6.30. The number of carbonyl (C=O) groups excluding carboxylic acids is 1. The number of aryl methyl sites for hydroxylation is 1. The van der Waals surface area contributed by atoms with Crippen LogP contribution in [-0.4, -0.2) is 15.7 Å². The first-order valence-corrected chi connectivity index (χ1v) is 6.44. The molecule has 0 aliphatic carbocycles. The molecule has 3 N–H and O–H groups in total. The van der Waals surface area contributed by atoms with Crippen molar-refractivity contribution in [1.29, 1.82) is 0 Å². The fourth-order valence-corrected chi connectivity index (χ4v) is 1.89. The largest absolute Gasteiger partial charge is 0.396 e. The number of anilines is 1. The average molecular weight is 297 g/mol. The van der Waals surface area contributed by atoms with Gasteiger partial charge in [-0.1, -0.05) is 17.7 Å². The molecular weight excluding hydrogens is 283 g/mol. The summed E-state index contributed by atoms with van der Waals surface area (Å²) in [6, 6.07) is 4.27. The van der Waals surface area contributed by atoms with Crippen LogP contribution in [-0.2, 0) is 13.1 Å². The van der Waals surface area contributed by atoms with E-state index in [2.05, 4.69) is 10.4 Å². The van der Waals surface area contributed by atoms with Gasteiger partial charge in [-0.05, 0) is 24.6 Å². The molecular formula is C13H14ClFN4O. The van der Waals surface area contributed by atoms with Gasteiger partial charge in [0.15, 0.2) is 5.69 Å². The van der Waals surface area contributed by atoms with Crippen molar-refractivity contribution in [3.05, 3.63) is 46.5 Å². The highest BCUT2D eigenvalue weighted by Gasteiger charge is 2.14. The number of nitrogen functional groups attached to an aromatic ring is 1. The molecule has 2 aromatic rings. The number of benzene rings is 1. The van der Waals surface area contributed by atoms with Crippen LogP contribution in [0.15, 0.2) is 24.4 Å². The van der Waals surface area contributed by atoms with Crippen molar-refractivity contribution in [2.75, 3.05) is 5.73 Å². The highest BCUT2D eigenvalue weighted by Crippen LogP contribution is 2.16. The van der Waals surface area contributed by atoms with Crippen molar-refractivity contribution < 1.29 is 9.18 Å². The minimum Gasteiger partial charge on any atom is -0.396 e. The van der Waals surface area contributed by atoms with E-state index in [1.807, 2.05) is 6.92 Å². The van der Waals surface area contributed by atoms with E-state index in [4.69, 9.17) is 17.3 Å². The number of nitrogens with zero attached hydrogens (tertiary/aromatic N) is 2. The quantitative estimate of drug-likeness (QED) is 0.908. The molecule has 0 fully saturated rings. The van der Waals surface area contributed by atoms with Gasteiger partial charge in [0, 0.05) is 19.3 Å². The van der Waals surface area contributed by atoms with Crippen molar-refractivity contribution in [2.45, 2.75) is 20.0 Å². The lowest BCUT2D eigenvalue weighted by atomic mass is 10.2. The zero-order valence-electron chi connectivity index (χ0n) is 10.9. The number of nitrogens with one attached hydrogen (secondary N) is 1. The van der Waals surface area contributed by atoms with E-state index in [-0.39, 0.29) is 23.2 Å². The van der Waals surface area contributed by atoms with Gasteiger partial charge in [-0.2, -0.15) is 5.10 Å². The molecule has 1 aromatic heterocycles. The molecule has 1 aromatic carbocycles. The molecule has 0 aliphatic rings. The monoisotopic (exact) mass is 296 g/mol. The maximum absolute atomic E-state index is 13.0. The fraction of sp³-hybridized carbons (Fsp3) is 0.231. The second-order valence-electron chi connectivity index (χ2n) is 4.22. The number of carbonyl (C=O) groups is 1. The normalized spacial score (nSPS) is 10.6. The number of nitrogens with two attached hydrogens (primary N) is 1. The lowest BCUT2D eigenvalue weighted by Gasteiger charge is -2.05. The first-order valence-electron chi connectivity index (χ1n) is 6.06. The van der Waals surface area contributed by atoms with Gasteiger partial charge >= 0.3 is 0 Å².